The summed E-state index contributed by atoms with van der Waals surface area (Å²) in [5, 5.41) is 18.3. The number of aryl methyl sites for hydroxylation is 1. The summed E-state index contributed by atoms with van der Waals surface area (Å²) in [6.07, 6.45) is 0.0197. The van der Waals surface area contributed by atoms with Crippen LogP contribution in [0.2, 0.25) is 0 Å². The lowest BCUT2D eigenvalue weighted by Gasteiger charge is -2.12. The average Bonchev–Trinajstić information content (AvgIpc) is 2.91. The molecule has 0 aliphatic rings. The van der Waals surface area contributed by atoms with Crippen LogP contribution < -0.4 is 10.6 Å². The molecular formula is C15H19N3O2S. The third kappa shape index (κ3) is 5.17. The van der Waals surface area contributed by atoms with E-state index in [9.17, 15) is 9.90 Å². The SMILES string of the molecule is Cc1csc(CCNC(=O)NC[C@H](O)c2ccccc2)n1. The zero-order valence-corrected chi connectivity index (χ0v) is 12.7. The molecule has 0 aliphatic carbocycles. The minimum absolute atomic E-state index is 0.187. The van der Waals surface area contributed by atoms with Crippen molar-refractivity contribution in [3.05, 3.63) is 52.0 Å². The first kappa shape index (κ1) is 15.5. The van der Waals surface area contributed by atoms with Crippen molar-refractivity contribution < 1.29 is 9.90 Å². The van der Waals surface area contributed by atoms with E-state index in [1.807, 2.05) is 42.6 Å². The summed E-state index contributed by atoms with van der Waals surface area (Å²) in [5.41, 5.74) is 1.79. The highest BCUT2D eigenvalue weighted by molar-refractivity contribution is 7.09. The number of benzene rings is 1. The van der Waals surface area contributed by atoms with Gasteiger partial charge in [0.1, 0.15) is 0 Å². The highest BCUT2D eigenvalue weighted by Crippen LogP contribution is 2.10. The lowest BCUT2D eigenvalue weighted by atomic mass is 10.1. The number of thiazole rings is 1. The van der Waals surface area contributed by atoms with Crippen LogP contribution in [0.15, 0.2) is 35.7 Å². The maximum Gasteiger partial charge on any atom is 0.314 e. The quantitative estimate of drug-likeness (QED) is 0.764. The van der Waals surface area contributed by atoms with Gasteiger partial charge in [0.2, 0.25) is 0 Å². The van der Waals surface area contributed by atoms with Gasteiger partial charge in [-0.05, 0) is 12.5 Å². The van der Waals surface area contributed by atoms with Gasteiger partial charge in [0.25, 0.3) is 0 Å². The number of aromatic nitrogens is 1. The highest BCUT2D eigenvalue weighted by atomic mass is 32.1. The van der Waals surface area contributed by atoms with Gasteiger partial charge in [0.15, 0.2) is 0 Å². The predicted molar refractivity (Wildman–Crippen MR) is 83.4 cm³/mol. The molecule has 1 aromatic heterocycles. The van der Waals surface area contributed by atoms with Gasteiger partial charge in [-0.25, -0.2) is 9.78 Å². The Balaban J connectivity index is 1.65. The summed E-state index contributed by atoms with van der Waals surface area (Å²) < 4.78 is 0. The number of carbonyl (C=O) groups is 1. The number of aliphatic hydroxyl groups is 1. The van der Waals surface area contributed by atoms with E-state index in [2.05, 4.69) is 15.6 Å². The molecule has 5 nitrogen and oxygen atoms in total. The van der Waals surface area contributed by atoms with Gasteiger partial charge in [0.05, 0.1) is 11.1 Å². The molecule has 0 unspecified atom stereocenters. The zero-order valence-electron chi connectivity index (χ0n) is 11.9. The molecule has 112 valence electrons. The maximum absolute atomic E-state index is 11.6. The summed E-state index contributed by atoms with van der Waals surface area (Å²) in [6.45, 7) is 2.66. The summed E-state index contributed by atoms with van der Waals surface area (Å²) in [4.78, 5) is 16.0. The van der Waals surface area contributed by atoms with Crippen LogP contribution in [-0.2, 0) is 6.42 Å². The van der Waals surface area contributed by atoms with Crippen molar-refractivity contribution in [1.82, 2.24) is 15.6 Å². The Morgan fingerprint density at radius 1 is 1.33 bits per heavy atom. The standard InChI is InChI=1S/C15H19N3O2S/c1-11-10-21-14(18-11)7-8-16-15(20)17-9-13(19)12-5-3-2-4-6-12/h2-6,10,13,19H,7-9H2,1H3,(H2,16,17,20)/t13-/m0/s1. The fourth-order valence-electron chi connectivity index (χ4n) is 1.85. The first-order valence-corrected chi connectivity index (χ1v) is 7.69. The van der Waals surface area contributed by atoms with Gasteiger partial charge < -0.3 is 15.7 Å². The number of rotatable bonds is 6. The second-order valence-corrected chi connectivity index (χ2v) is 5.64. The Hall–Kier alpha value is -1.92. The summed E-state index contributed by atoms with van der Waals surface area (Å²) >= 11 is 1.59. The zero-order chi connectivity index (χ0) is 15.1. The number of hydrogen-bond acceptors (Lipinski definition) is 4. The van der Waals surface area contributed by atoms with E-state index in [-0.39, 0.29) is 12.6 Å². The van der Waals surface area contributed by atoms with Crippen LogP contribution >= 0.6 is 11.3 Å². The molecule has 6 heteroatoms. The van der Waals surface area contributed by atoms with E-state index in [1.54, 1.807) is 11.3 Å². The van der Waals surface area contributed by atoms with Crippen LogP contribution in [0.1, 0.15) is 22.4 Å². The van der Waals surface area contributed by atoms with E-state index in [0.717, 1.165) is 16.3 Å². The van der Waals surface area contributed by atoms with Crippen molar-refractivity contribution in [2.24, 2.45) is 0 Å². The lowest BCUT2D eigenvalue weighted by Crippen LogP contribution is -2.38. The molecule has 0 spiro atoms. The maximum atomic E-state index is 11.6. The Kier molecular flexibility index (Phi) is 5.71. The van der Waals surface area contributed by atoms with Crippen molar-refractivity contribution in [3.8, 4) is 0 Å². The van der Waals surface area contributed by atoms with E-state index < -0.39 is 6.10 Å². The van der Waals surface area contributed by atoms with Crippen molar-refractivity contribution in [3.63, 3.8) is 0 Å². The Labute approximate surface area is 128 Å². The molecule has 0 fully saturated rings. The first-order chi connectivity index (χ1) is 10.1. The average molecular weight is 305 g/mol. The molecule has 0 saturated heterocycles. The monoisotopic (exact) mass is 305 g/mol. The fraction of sp³-hybridized carbons (Fsp3) is 0.333. The number of urea groups is 1. The fourth-order valence-corrected chi connectivity index (χ4v) is 2.62. The number of amides is 2. The minimum Gasteiger partial charge on any atom is -0.387 e. The van der Waals surface area contributed by atoms with Gasteiger partial charge in [-0.2, -0.15) is 0 Å². The Bertz CT molecular complexity index is 571. The molecule has 1 heterocycles. The molecule has 21 heavy (non-hydrogen) atoms. The van der Waals surface area contributed by atoms with Gasteiger partial charge in [-0.3, -0.25) is 0 Å². The summed E-state index contributed by atoms with van der Waals surface area (Å²) in [5.74, 6) is 0. The van der Waals surface area contributed by atoms with Crippen molar-refractivity contribution in [2.75, 3.05) is 13.1 Å². The molecule has 3 N–H and O–H groups in total. The largest absolute Gasteiger partial charge is 0.387 e. The predicted octanol–water partition coefficient (Wildman–Crippen LogP) is 2.03. The third-order valence-electron chi connectivity index (χ3n) is 2.93. The number of nitrogens with one attached hydrogen (secondary N) is 2. The van der Waals surface area contributed by atoms with Crippen LogP contribution in [-0.4, -0.2) is 29.2 Å². The Morgan fingerprint density at radius 3 is 2.76 bits per heavy atom. The number of hydrogen-bond donors (Lipinski definition) is 3. The number of carbonyl (C=O) groups excluding carboxylic acids is 1. The topological polar surface area (TPSA) is 74.2 Å². The molecule has 0 aliphatic heterocycles. The second-order valence-electron chi connectivity index (χ2n) is 4.70. The molecule has 2 rings (SSSR count). The van der Waals surface area contributed by atoms with Crippen LogP contribution in [0.3, 0.4) is 0 Å². The Morgan fingerprint density at radius 2 is 2.10 bits per heavy atom. The van der Waals surface area contributed by atoms with E-state index in [0.29, 0.717) is 13.0 Å². The smallest absolute Gasteiger partial charge is 0.314 e. The molecule has 1 atom stereocenters. The molecular weight excluding hydrogens is 286 g/mol. The lowest BCUT2D eigenvalue weighted by molar-refractivity contribution is 0.173. The van der Waals surface area contributed by atoms with Gasteiger partial charge >= 0.3 is 6.03 Å². The second kappa shape index (κ2) is 7.75. The van der Waals surface area contributed by atoms with Crippen molar-refractivity contribution in [1.29, 1.82) is 0 Å². The number of nitrogens with zero attached hydrogens (tertiary/aromatic N) is 1. The van der Waals surface area contributed by atoms with Gasteiger partial charge in [-0.15, -0.1) is 11.3 Å². The molecule has 1 aromatic carbocycles. The normalized spacial score (nSPS) is 11.9. The number of aliphatic hydroxyl groups excluding tert-OH is 1. The summed E-state index contributed by atoms with van der Waals surface area (Å²) in [7, 11) is 0. The van der Waals surface area contributed by atoms with Gasteiger partial charge in [0, 0.05) is 30.6 Å². The van der Waals surface area contributed by atoms with Crippen LogP contribution in [0, 0.1) is 6.92 Å². The first-order valence-electron chi connectivity index (χ1n) is 6.81. The third-order valence-corrected chi connectivity index (χ3v) is 3.96. The molecule has 2 amide bonds. The molecule has 0 saturated carbocycles. The van der Waals surface area contributed by atoms with Gasteiger partial charge in [-0.1, -0.05) is 30.3 Å². The summed E-state index contributed by atoms with van der Waals surface area (Å²) in [6, 6.07) is 8.97. The highest BCUT2D eigenvalue weighted by Gasteiger charge is 2.08. The van der Waals surface area contributed by atoms with E-state index in [1.165, 1.54) is 0 Å². The van der Waals surface area contributed by atoms with Crippen LogP contribution in [0.25, 0.3) is 0 Å². The molecule has 2 aromatic rings. The minimum atomic E-state index is -0.696. The van der Waals surface area contributed by atoms with E-state index >= 15 is 0 Å². The molecule has 0 radical (unpaired) electrons. The van der Waals surface area contributed by atoms with Crippen LogP contribution in [0.5, 0.6) is 0 Å². The molecule has 0 bridgehead atoms. The van der Waals surface area contributed by atoms with E-state index in [4.69, 9.17) is 0 Å². The van der Waals surface area contributed by atoms with Crippen molar-refractivity contribution in [2.45, 2.75) is 19.4 Å². The van der Waals surface area contributed by atoms with Crippen LogP contribution in [0.4, 0.5) is 4.79 Å². The van der Waals surface area contributed by atoms with Crippen molar-refractivity contribution >= 4 is 17.4 Å².